The van der Waals surface area contributed by atoms with E-state index < -0.39 is 0 Å². The molecule has 1 atom stereocenters. The number of nitrogens with one attached hydrogen (secondary N) is 1. The third kappa shape index (κ3) is 5.56. The lowest BCUT2D eigenvalue weighted by Crippen LogP contribution is -2.46. The lowest BCUT2D eigenvalue weighted by molar-refractivity contribution is -0.138. The van der Waals surface area contributed by atoms with Gasteiger partial charge in [-0.15, -0.1) is 0 Å². The number of imidazole rings is 1. The van der Waals surface area contributed by atoms with Crippen LogP contribution in [0.2, 0.25) is 0 Å². The Bertz CT molecular complexity index is 764. The topological polar surface area (TPSA) is 80.1 Å². The molecule has 1 aliphatic rings. The molecule has 0 aliphatic carbocycles. The fraction of sp³-hybridized carbons (Fsp3) is 0.474. The number of thioether (sulfide) groups is 1. The zero-order valence-corrected chi connectivity index (χ0v) is 16.3. The molecular weight excluding hydrogens is 362 g/mol. The summed E-state index contributed by atoms with van der Waals surface area (Å²) in [5.41, 5.74) is 0.961. The number of pyridine rings is 1. The van der Waals surface area contributed by atoms with Crippen LogP contribution in [0, 0.1) is 5.92 Å². The zero-order chi connectivity index (χ0) is 19.1. The predicted octanol–water partition coefficient (Wildman–Crippen LogP) is 1.50. The molecule has 0 spiro atoms. The number of nitrogens with zero attached hydrogens (tertiary/aromatic N) is 4. The molecule has 27 heavy (non-hydrogen) atoms. The third-order valence-electron chi connectivity index (χ3n) is 4.64. The van der Waals surface area contributed by atoms with Crippen molar-refractivity contribution in [2.75, 3.05) is 25.4 Å². The van der Waals surface area contributed by atoms with Gasteiger partial charge in [-0.2, -0.15) is 0 Å². The van der Waals surface area contributed by atoms with Gasteiger partial charge in [0.05, 0.1) is 5.92 Å². The van der Waals surface area contributed by atoms with E-state index in [1.54, 1.807) is 29.1 Å². The Morgan fingerprint density at radius 2 is 2.22 bits per heavy atom. The fourth-order valence-electron chi connectivity index (χ4n) is 3.09. The van der Waals surface area contributed by atoms with E-state index in [1.807, 2.05) is 36.0 Å². The summed E-state index contributed by atoms with van der Waals surface area (Å²) in [7, 11) is 1.95. The highest BCUT2D eigenvalue weighted by atomic mass is 32.2. The van der Waals surface area contributed by atoms with E-state index in [1.165, 1.54) is 0 Å². The summed E-state index contributed by atoms with van der Waals surface area (Å²) in [6, 6.07) is 5.78. The van der Waals surface area contributed by atoms with Crippen molar-refractivity contribution in [3.63, 3.8) is 0 Å². The van der Waals surface area contributed by atoms with Crippen molar-refractivity contribution >= 4 is 23.6 Å². The lowest BCUT2D eigenvalue weighted by Gasteiger charge is -2.32. The molecule has 2 aromatic rings. The highest BCUT2D eigenvalue weighted by Gasteiger charge is 2.29. The first-order valence-electron chi connectivity index (χ1n) is 9.19. The average Bonchev–Trinajstić information content (AvgIpc) is 3.10. The first-order chi connectivity index (χ1) is 13.1. The monoisotopic (exact) mass is 387 g/mol. The van der Waals surface area contributed by atoms with Gasteiger partial charge in [0.15, 0.2) is 5.16 Å². The van der Waals surface area contributed by atoms with Crippen molar-refractivity contribution in [1.29, 1.82) is 0 Å². The first kappa shape index (κ1) is 19.4. The summed E-state index contributed by atoms with van der Waals surface area (Å²) < 4.78 is 1.96. The Kier molecular flexibility index (Phi) is 6.86. The molecule has 7 nitrogen and oxygen atoms in total. The molecule has 1 fully saturated rings. The molecule has 3 heterocycles. The van der Waals surface area contributed by atoms with E-state index in [0.717, 1.165) is 16.6 Å². The fourth-order valence-corrected chi connectivity index (χ4v) is 3.88. The minimum atomic E-state index is -0.135. The molecule has 1 saturated heterocycles. The van der Waals surface area contributed by atoms with E-state index in [9.17, 15) is 9.59 Å². The first-order valence-corrected chi connectivity index (χ1v) is 10.2. The molecule has 144 valence electrons. The van der Waals surface area contributed by atoms with Crippen molar-refractivity contribution in [1.82, 2.24) is 24.8 Å². The second kappa shape index (κ2) is 9.55. The summed E-state index contributed by atoms with van der Waals surface area (Å²) in [6.45, 7) is 1.69. The lowest BCUT2D eigenvalue weighted by atomic mass is 9.96. The highest BCUT2D eigenvalue weighted by molar-refractivity contribution is 7.99. The minimum absolute atomic E-state index is 0.0331. The largest absolute Gasteiger partial charge is 0.355 e. The molecule has 8 heteroatoms. The number of aromatic nitrogens is 3. The second-order valence-electron chi connectivity index (χ2n) is 6.61. The van der Waals surface area contributed by atoms with Crippen LogP contribution < -0.4 is 5.32 Å². The molecule has 1 unspecified atom stereocenters. The molecule has 3 rings (SSSR count). The number of piperidine rings is 1. The summed E-state index contributed by atoms with van der Waals surface area (Å²) in [6.07, 6.45) is 7.19. The van der Waals surface area contributed by atoms with Crippen LogP contribution in [0.4, 0.5) is 0 Å². The number of carbonyl (C=O) groups is 2. The molecule has 2 aromatic heterocycles. The maximum Gasteiger partial charge on any atom is 0.224 e. The van der Waals surface area contributed by atoms with Gasteiger partial charge in [-0.1, -0.05) is 17.8 Å². The van der Waals surface area contributed by atoms with Crippen LogP contribution in [-0.2, 0) is 23.1 Å². The van der Waals surface area contributed by atoms with Gasteiger partial charge in [0.1, 0.15) is 0 Å². The normalized spacial score (nSPS) is 17.1. The van der Waals surface area contributed by atoms with Gasteiger partial charge in [-0.3, -0.25) is 14.6 Å². The molecule has 1 aliphatic heterocycles. The number of rotatable bonds is 8. The van der Waals surface area contributed by atoms with Crippen LogP contribution in [-0.4, -0.2) is 56.6 Å². The van der Waals surface area contributed by atoms with Crippen molar-refractivity contribution in [2.45, 2.75) is 24.4 Å². The molecule has 0 aromatic carbocycles. The Morgan fingerprint density at radius 3 is 2.96 bits per heavy atom. The van der Waals surface area contributed by atoms with Crippen LogP contribution >= 0.6 is 11.8 Å². The van der Waals surface area contributed by atoms with Gasteiger partial charge >= 0.3 is 0 Å². The molecular formula is C19H25N5O2S. The Hall–Kier alpha value is -2.35. The van der Waals surface area contributed by atoms with Gasteiger partial charge in [0, 0.05) is 69.6 Å². The van der Waals surface area contributed by atoms with Crippen LogP contribution in [0.5, 0.6) is 0 Å². The molecule has 2 amide bonds. The van der Waals surface area contributed by atoms with Gasteiger partial charge in [-0.25, -0.2) is 4.98 Å². The Balaban J connectivity index is 1.41. The number of hydrogen-bond donors (Lipinski definition) is 1. The average molecular weight is 388 g/mol. The number of aryl methyl sites for hydroxylation is 1. The third-order valence-corrected chi connectivity index (χ3v) is 5.70. The van der Waals surface area contributed by atoms with Crippen molar-refractivity contribution in [3.8, 4) is 0 Å². The summed E-state index contributed by atoms with van der Waals surface area (Å²) in [4.78, 5) is 35.0. The van der Waals surface area contributed by atoms with E-state index in [-0.39, 0.29) is 17.7 Å². The molecule has 1 N–H and O–H groups in total. The predicted molar refractivity (Wildman–Crippen MR) is 104 cm³/mol. The van der Waals surface area contributed by atoms with E-state index in [4.69, 9.17) is 0 Å². The quantitative estimate of drug-likeness (QED) is 0.549. The van der Waals surface area contributed by atoms with Gasteiger partial charge in [0.2, 0.25) is 11.8 Å². The highest BCUT2D eigenvalue weighted by Crippen LogP contribution is 2.18. The number of carbonyl (C=O) groups excluding carboxylic acids is 2. The summed E-state index contributed by atoms with van der Waals surface area (Å²) in [5.74, 6) is 0.793. The van der Waals surface area contributed by atoms with E-state index in [2.05, 4.69) is 15.3 Å². The standard InChI is InChI=1S/C19H25N5O2S/c1-23-12-9-22-19(23)27-13-10-21-18(26)15-5-6-17(25)24(14-15)11-7-16-4-2-3-8-20-16/h2-4,8-9,12,15H,5-7,10-11,13-14H2,1H3,(H,21,26). The summed E-state index contributed by atoms with van der Waals surface area (Å²) >= 11 is 1.61. The van der Waals surface area contributed by atoms with Crippen LogP contribution in [0.15, 0.2) is 41.9 Å². The van der Waals surface area contributed by atoms with E-state index in [0.29, 0.717) is 38.9 Å². The van der Waals surface area contributed by atoms with Crippen LogP contribution in [0.3, 0.4) is 0 Å². The van der Waals surface area contributed by atoms with Gasteiger partial charge in [-0.05, 0) is 18.6 Å². The van der Waals surface area contributed by atoms with Crippen molar-refractivity contribution in [3.05, 3.63) is 42.5 Å². The summed E-state index contributed by atoms with van der Waals surface area (Å²) in [5, 5.41) is 3.93. The zero-order valence-electron chi connectivity index (χ0n) is 15.5. The van der Waals surface area contributed by atoms with E-state index >= 15 is 0 Å². The molecule has 0 bridgehead atoms. The Morgan fingerprint density at radius 1 is 1.33 bits per heavy atom. The molecule has 0 saturated carbocycles. The van der Waals surface area contributed by atoms with Gasteiger partial charge in [0.25, 0.3) is 0 Å². The van der Waals surface area contributed by atoms with Gasteiger partial charge < -0.3 is 14.8 Å². The van der Waals surface area contributed by atoms with Crippen LogP contribution in [0.1, 0.15) is 18.5 Å². The maximum absolute atomic E-state index is 12.5. The second-order valence-corrected chi connectivity index (χ2v) is 7.67. The molecule has 0 radical (unpaired) electrons. The maximum atomic E-state index is 12.5. The van der Waals surface area contributed by atoms with Crippen molar-refractivity contribution in [2.24, 2.45) is 13.0 Å². The Labute approximate surface area is 163 Å². The number of amides is 2. The number of hydrogen-bond acceptors (Lipinski definition) is 5. The van der Waals surface area contributed by atoms with Crippen LogP contribution in [0.25, 0.3) is 0 Å². The minimum Gasteiger partial charge on any atom is -0.355 e. The number of likely N-dealkylation sites (tertiary alicyclic amines) is 1. The SMILES string of the molecule is Cn1ccnc1SCCNC(=O)C1CCC(=O)N(CCc2ccccn2)C1. The smallest absolute Gasteiger partial charge is 0.224 e. The van der Waals surface area contributed by atoms with Crippen molar-refractivity contribution < 1.29 is 9.59 Å².